The van der Waals surface area contributed by atoms with E-state index in [0.29, 0.717) is 90.9 Å². The van der Waals surface area contributed by atoms with Gasteiger partial charge in [-0.05, 0) is 161 Å². The average molecular weight is 1370 g/mol. The molecule has 0 atom stereocenters. The van der Waals surface area contributed by atoms with Crippen LogP contribution in [0.4, 0.5) is 0 Å². The molecule has 0 amide bonds. The van der Waals surface area contributed by atoms with Crippen molar-refractivity contribution in [3.05, 3.63) is 306 Å². The summed E-state index contributed by atoms with van der Waals surface area (Å²) in [7, 11) is 0. The van der Waals surface area contributed by atoms with Crippen LogP contribution in [0.15, 0.2) is 206 Å². The van der Waals surface area contributed by atoms with Crippen LogP contribution in [0.5, 0.6) is 115 Å². The van der Waals surface area contributed by atoms with Gasteiger partial charge in [0.25, 0.3) is 0 Å². The van der Waals surface area contributed by atoms with Crippen LogP contribution in [-0.4, -0.2) is 66.0 Å². The Balaban J connectivity index is 0.000000120. The van der Waals surface area contributed by atoms with Gasteiger partial charge in [0.2, 0.25) is 0 Å². The molecule has 12 aromatic rings. The Morgan fingerprint density at radius 2 is 0.544 bits per heavy atom. The molecule has 6 aliphatic heterocycles. The summed E-state index contributed by atoms with van der Waals surface area (Å²) in [5, 5.41) is 89.7. The van der Waals surface area contributed by atoms with Crippen molar-refractivity contribution in [3.63, 3.8) is 0 Å². The zero-order valence-electron chi connectivity index (χ0n) is 56.2. The van der Waals surface area contributed by atoms with E-state index in [2.05, 4.69) is 0 Å². The largest absolute Gasteiger partial charge is 0.507 e. The van der Waals surface area contributed by atoms with Crippen LogP contribution in [0.25, 0.3) is 0 Å². The highest BCUT2D eigenvalue weighted by Gasteiger charge is 2.58. The minimum absolute atomic E-state index is 0.0653. The van der Waals surface area contributed by atoms with Crippen LogP contribution >= 0.6 is 0 Å². The monoisotopic (exact) mass is 1370 g/mol. The van der Waals surface area contributed by atoms with Crippen molar-refractivity contribution in [1.29, 1.82) is 0 Å². The summed E-state index contributed by atoms with van der Waals surface area (Å²) in [5.41, 5.74) is 5.73. The molecule has 18 rings (SSSR count). The van der Waals surface area contributed by atoms with Gasteiger partial charge < -0.3 is 78.7 Å². The molecule has 0 saturated carbocycles. The van der Waals surface area contributed by atoms with E-state index in [1.54, 1.807) is 62.4 Å². The van der Waals surface area contributed by atoms with E-state index in [1.165, 1.54) is 24.3 Å². The number of ether oxygens (including phenoxy) is 8. The molecule has 0 saturated heterocycles. The Bertz CT molecular complexity index is 5270. The summed E-state index contributed by atoms with van der Waals surface area (Å²) >= 11 is 0. The first kappa shape index (κ1) is 64.5. The molecular weight excluding hydrogens is 1310 g/mol. The fourth-order valence-electron chi connectivity index (χ4n) is 16.0. The van der Waals surface area contributed by atoms with Crippen LogP contribution < -0.4 is 28.4 Å². The zero-order chi connectivity index (χ0) is 71.7. The topological polar surface area (TPSA) is 270 Å². The summed E-state index contributed by atoms with van der Waals surface area (Å²) in [6.07, 6.45) is 0. The minimum atomic E-state index is -1.45. The van der Waals surface area contributed by atoms with E-state index in [9.17, 15) is 50.4 Å². The van der Waals surface area contributed by atoms with Crippen molar-refractivity contribution in [2.75, 3.05) is 13.2 Å². The average Bonchev–Trinajstić information content (AvgIpc) is 0.701. The van der Waals surface area contributed by atoms with E-state index in [4.69, 9.17) is 37.9 Å². The number of para-hydroxylation sites is 6. The lowest BCUT2D eigenvalue weighted by Gasteiger charge is -2.46. The number of phenols is 8. The smallest absolute Gasteiger partial charge is 0.341 e. The second-order valence-electron chi connectivity index (χ2n) is 25.7. The first-order chi connectivity index (χ1) is 49.8. The van der Waals surface area contributed by atoms with Crippen molar-refractivity contribution in [2.24, 2.45) is 0 Å². The standard InChI is InChI=1S/C31H24O8.C29H24O4.C25H16O6/c1-3-36-29(34)17-13-15-23-25(27(17)32)31(19-9-5-7-11-21(19)38-23)20-10-6-8-12-22(20)39-24-16-14-18(28(33)26(24)31)30(35)37-4-2;1-15-13-17(3)27-23(25(15)30)29(19-9-5-7-11-21(19)32-27)20-10-6-8-12-22(20)33-28-18(4)14-16(2)26(31)24(28)29;26-15-9-11-19-21(23(15)28)25(13-5-1-3-7-17(13)30-19)14-6-2-4-8-18(14)31-20-12-10-16(27)24(29)22(20)25/h5-16,32-33H,3-4H2,1-2H3;5-14,30-31H,1-4H3;1-12,26-29H. The SMILES string of the molecule is CCOC(=O)c1ccc2c(c1O)C1(c3ccccc3O2)c2ccccc2Oc2ccc(C(=O)OCC)c(O)c21.Cc1cc(C)c2c(c1O)C1(c3ccccc3O2)c2ccccc2Oc2c(C)cc(C)c(O)c21.Oc1ccc2c(c1O)C1(c3ccccc3O2)c2ccccc2Oc2ccc(O)c(O)c21. The van der Waals surface area contributed by atoms with Gasteiger partial charge in [0.05, 0.1) is 62.8 Å². The second kappa shape index (κ2) is 24.0. The quantitative estimate of drug-likeness (QED) is 0.0601. The Morgan fingerprint density at radius 1 is 0.291 bits per heavy atom. The number of hydrogen-bond acceptors (Lipinski definition) is 18. The number of aromatic hydroxyl groups is 8. The molecule has 12 aromatic carbocycles. The molecule has 0 unspecified atom stereocenters. The lowest BCUT2D eigenvalue weighted by molar-refractivity contribution is 0.0513. The molecule has 0 radical (unpaired) electrons. The Morgan fingerprint density at radius 3 is 0.835 bits per heavy atom. The normalized spacial score (nSPS) is 14.1. The van der Waals surface area contributed by atoms with Gasteiger partial charge in [-0.2, -0.15) is 0 Å². The lowest BCUT2D eigenvalue weighted by Crippen LogP contribution is -2.37. The number of rotatable bonds is 4. The predicted molar refractivity (Wildman–Crippen MR) is 379 cm³/mol. The first-order valence-corrected chi connectivity index (χ1v) is 33.3. The van der Waals surface area contributed by atoms with Gasteiger partial charge in [0.15, 0.2) is 23.0 Å². The van der Waals surface area contributed by atoms with Crippen molar-refractivity contribution >= 4 is 11.9 Å². The number of carbonyl (C=O) groups excluding carboxylic acids is 2. The van der Waals surface area contributed by atoms with Crippen molar-refractivity contribution in [3.8, 4) is 115 Å². The van der Waals surface area contributed by atoms with E-state index in [0.717, 1.165) is 33.4 Å². The summed E-state index contributed by atoms with van der Waals surface area (Å²) in [5.74, 6) is 2.49. The number of carbonyl (C=O) groups is 2. The molecule has 0 aliphatic carbocycles. The number of phenolic OH excluding ortho intramolecular Hbond substituents is 8. The Hall–Kier alpha value is -13.2. The van der Waals surface area contributed by atoms with E-state index in [1.807, 2.05) is 161 Å². The van der Waals surface area contributed by atoms with E-state index < -0.39 is 28.2 Å². The molecule has 0 aromatic heterocycles. The second-order valence-corrected chi connectivity index (χ2v) is 25.7. The van der Waals surface area contributed by atoms with Gasteiger partial charge in [0.1, 0.15) is 103 Å². The highest BCUT2D eigenvalue weighted by Crippen LogP contribution is 2.70. The van der Waals surface area contributed by atoms with Gasteiger partial charge in [-0.25, -0.2) is 9.59 Å². The van der Waals surface area contributed by atoms with Gasteiger partial charge >= 0.3 is 11.9 Å². The third-order valence-electron chi connectivity index (χ3n) is 20.1. The van der Waals surface area contributed by atoms with Gasteiger partial charge in [-0.1, -0.05) is 109 Å². The zero-order valence-corrected chi connectivity index (χ0v) is 56.2. The van der Waals surface area contributed by atoms with Crippen molar-refractivity contribution in [1.82, 2.24) is 0 Å². The van der Waals surface area contributed by atoms with Crippen molar-refractivity contribution in [2.45, 2.75) is 57.8 Å². The summed E-state index contributed by atoms with van der Waals surface area (Å²) < 4.78 is 47.9. The maximum absolute atomic E-state index is 12.9. The van der Waals surface area contributed by atoms with E-state index in [-0.39, 0.29) is 104 Å². The number of esters is 2. The third-order valence-corrected chi connectivity index (χ3v) is 20.1. The highest BCUT2D eigenvalue weighted by molar-refractivity contribution is 5.97. The van der Waals surface area contributed by atoms with Crippen LogP contribution in [0.1, 0.15) is 124 Å². The molecule has 0 fully saturated rings. The number of fused-ring (bicyclic) bond motifs is 24. The molecular formula is C85H64O18. The van der Waals surface area contributed by atoms with Gasteiger partial charge in [0, 0.05) is 33.4 Å². The van der Waals surface area contributed by atoms with Crippen molar-refractivity contribution < 1.29 is 88.3 Å². The molecule has 18 nitrogen and oxygen atoms in total. The maximum Gasteiger partial charge on any atom is 0.341 e. The predicted octanol–water partition coefficient (Wildman–Crippen LogP) is 18.1. The molecule has 18 heteroatoms. The summed E-state index contributed by atoms with van der Waals surface area (Å²) in [4.78, 5) is 25.8. The van der Waals surface area contributed by atoms with Crippen LogP contribution in [-0.2, 0) is 25.7 Å². The highest BCUT2D eigenvalue weighted by atomic mass is 16.5. The Kier molecular flexibility index (Phi) is 15.0. The molecule has 103 heavy (non-hydrogen) atoms. The molecule has 3 spiro atoms. The first-order valence-electron chi connectivity index (χ1n) is 33.3. The van der Waals surface area contributed by atoms with Crippen LogP contribution in [0.3, 0.4) is 0 Å². The lowest BCUT2D eigenvalue weighted by atomic mass is 9.61. The fourth-order valence-corrected chi connectivity index (χ4v) is 16.0. The van der Waals surface area contributed by atoms with Crippen LogP contribution in [0.2, 0.25) is 0 Å². The molecule has 6 heterocycles. The number of benzene rings is 12. The molecule has 0 bridgehead atoms. The van der Waals surface area contributed by atoms with Crippen LogP contribution in [0, 0.1) is 27.7 Å². The summed E-state index contributed by atoms with van der Waals surface area (Å²) in [6, 6.07) is 60.5. The molecule has 8 N–H and O–H groups in total. The summed E-state index contributed by atoms with van der Waals surface area (Å²) in [6.45, 7) is 11.3. The van der Waals surface area contributed by atoms with Gasteiger partial charge in [-0.15, -0.1) is 0 Å². The van der Waals surface area contributed by atoms with E-state index >= 15 is 0 Å². The third kappa shape index (κ3) is 9.12. The minimum Gasteiger partial charge on any atom is -0.507 e. The number of aryl methyl sites for hydroxylation is 4. The Labute approximate surface area is 589 Å². The van der Waals surface area contributed by atoms with Gasteiger partial charge in [-0.3, -0.25) is 0 Å². The number of hydrogen-bond donors (Lipinski definition) is 8. The maximum atomic E-state index is 12.9. The molecule has 512 valence electrons. The fraction of sp³-hybridized carbons (Fsp3) is 0.129. The molecule has 6 aliphatic rings.